The van der Waals surface area contributed by atoms with Crippen molar-refractivity contribution in [2.24, 2.45) is 0 Å². The summed E-state index contributed by atoms with van der Waals surface area (Å²) in [5, 5.41) is 0. The molecule has 4 aromatic rings. The Morgan fingerprint density at radius 3 is 1.28 bits per heavy atom. The predicted octanol–water partition coefficient (Wildman–Crippen LogP) is 7.65. The van der Waals surface area contributed by atoms with Crippen LogP contribution in [0.15, 0.2) is 97.1 Å². The van der Waals surface area contributed by atoms with Crippen LogP contribution in [0.2, 0.25) is 0 Å². The Hall–Kier alpha value is -1.66. The minimum absolute atomic E-state index is 0.0488. The molecule has 0 fully saturated rings. The van der Waals surface area contributed by atoms with Gasteiger partial charge in [0.2, 0.25) is 0 Å². The summed E-state index contributed by atoms with van der Waals surface area (Å²) in [5.74, 6) is 0. The Morgan fingerprint density at radius 2 is 0.862 bits per heavy atom. The van der Waals surface area contributed by atoms with Gasteiger partial charge < -0.3 is 0 Å². The molecule has 0 heterocycles. The molecule has 0 saturated carbocycles. The second-order valence-electron chi connectivity index (χ2n) is 7.78. The molecule has 0 radical (unpaired) electrons. The lowest BCUT2D eigenvalue weighted by molar-refractivity contribution is 0.520. The van der Waals surface area contributed by atoms with Gasteiger partial charge in [0.25, 0.3) is 0 Å². The largest absolute Gasteiger partial charge is 0.0619 e. The van der Waals surface area contributed by atoms with E-state index < -0.39 is 0 Å². The van der Waals surface area contributed by atoms with E-state index in [-0.39, 0.29) is 5.41 Å². The highest BCUT2D eigenvalue weighted by Crippen LogP contribution is 2.52. The van der Waals surface area contributed by atoms with Crippen LogP contribution in [0, 0.1) is 7.14 Å². The second-order valence-corrected chi connectivity index (χ2v) is 10.3. The van der Waals surface area contributed by atoms with Gasteiger partial charge >= 0.3 is 0 Å². The van der Waals surface area contributed by atoms with E-state index in [0.29, 0.717) is 0 Å². The summed E-state index contributed by atoms with van der Waals surface area (Å²) >= 11 is 4.77. The summed E-state index contributed by atoms with van der Waals surface area (Å²) in [6.07, 6.45) is 2.01. The zero-order valence-electron chi connectivity index (χ0n) is 15.9. The molecule has 1 aliphatic rings. The van der Waals surface area contributed by atoms with E-state index in [9.17, 15) is 0 Å². The normalized spacial score (nSPS) is 13.7. The highest BCUT2D eigenvalue weighted by Gasteiger charge is 2.42. The first-order chi connectivity index (χ1) is 14.2. The topological polar surface area (TPSA) is 0 Å². The fourth-order valence-electron chi connectivity index (χ4n) is 4.76. The first-order valence-corrected chi connectivity index (χ1v) is 12.0. The van der Waals surface area contributed by atoms with E-state index in [0.717, 1.165) is 12.8 Å². The fourth-order valence-corrected chi connectivity index (χ4v) is 5.48. The van der Waals surface area contributed by atoms with Crippen molar-refractivity contribution in [2.75, 3.05) is 0 Å². The third-order valence-corrected chi connectivity index (χ3v) is 7.45. The van der Waals surface area contributed by atoms with Crippen molar-refractivity contribution in [3.05, 3.63) is 126 Å². The van der Waals surface area contributed by atoms with Gasteiger partial charge in [-0.3, -0.25) is 0 Å². The molecule has 5 rings (SSSR count). The summed E-state index contributed by atoms with van der Waals surface area (Å²) in [6.45, 7) is 0. The Labute approximate surface area is 199 Å². The van der Waals surface area contributed by atoms with Crippen molar-refractivity contribution in [1.82, 2.24) is 0 Å². The van der Waals surface area contributed by atoms with Crippen molar-refractivity contribution < 1.29 is 0 Å². The van der Waals surface area contributed by atoms with Gasteiger partial charge in [0.15, 0.2) is 0 Å². The quantitative estimate of drug-likeness (QED) is 0.212. The lowest BCUT2D eigenvalue weighted by Crippen LogP contribution is -2.31. The van der Waals surface area contributed by atoms with Crippen molar-refractivity contribution in [3.8, 4) is 11.1 Å². The highest BCUT2D eigenvalue weighted by molar-refractivity contribution is 14.1. The van der Waals surface area contributed by atoms with Gasteiger partial charge in [0, 0.05) is 12.6 Å². The van der Waals surface area contributed by atoms with Crippen molar-refractivity contribution in [1.29, 1.82) is 0 Å². The Bertz CT molecular complexity index is 1060. The standard InChI is InChI=1S/C27H20I2/c28-21-13-9-19(10-14-21)17-27(18-20-11-15-22(29)16-12-20)25-7-3-1-5-23(25)24-6-2-4-8-26(24)27/h1-16H,17-18H2. The average molecular weight is 598 g/mol. The minimum atomic E-state index is -0.0488. The van der Waals surface area contributed by atoms with Crippen LogP contribution in [-0.2, 0) is 18.3 Å². The molecule has 0 atom stereocenters. The van der Waals surface area contributed by atoms with Gasteiger partial charge in [-0.05, 0) is 116 Å². The van der Waals surface area contributed by atoms with Crippen LogP contribution in [0.5, 0.6) is 0 Å². The molecular weight excluding hydrogens is 578 g/mol. The molecule has 0 bridgehead atoms. The van der Waals surface area contributed by atoms with E-state index in [1.807, 2.05) is 0 Å². The first-order valence-electron chi connectivity index (χ1n) is 9.84. The maximum atomic E-state index is 2.39. The monoisotopic (exact) mass is 598 g/mol. The smallest absolute Gasteiger partial charge is 0.0295 e. The van der Waals surface area contributed by atoms with E-state index in [2.05, 4.69) is 142 Å². The van der Waals surface area contributed by atoms with Crippen LogP contribution in [0.4, 0.5) is 0 Å². The van der Waals surface area contributed by atoms with Gasteiger partial charge in [0.05, 0.1) is 0 Å². The molecule has 0 saturated heterocycles. The zero-order valence-corrected chi connectivity index (χ0v) is 20.2. The molecule has 0 aliphatic heterocycles. The average Bonchev–Trinajstić information content (AvgIpc) is 3.02. The van der Waals surface area contributed by atoms with Crippen molar-refractivity contribution >= 4 is 45.2 Å². The number of hydrogen-bond acceptors (Lipinski definition) is 0. The van der Waals surface area contributed by atoms with E-state index in [1.54, 1.807) is 0 Å². The van der Waals surface area contributed by atoms with Crippen LogP contribution in [0.3, 0.4) is 0 Å². The fraction of sp³-hybridized carbons (Fsp3) is 0.111. The summed E-state index contributed by atoms with van der Waals surface area (Å²) in [6, 6.07) is 36.1. The highest BCUT2D eigenvalue weighted by atomic mass is 127. The van der Waals surface area contributed by atoms with Gasteiger partial charge in [-0.15, -0.1) is 0 Å². The molecular formula is C27H20I2. The van der Waals surface area contributed by atoms with Crippen LogP contribution >= 0.6 is 45.2 Å². The van der Waals surface area contributed by atoms with Crippen molar-refractivity contribution in [2.45, 2.75) is 18.3 Å². The molecule has 4 aromatic carbocycles. The van der Waals surface area contributed by atoms with Gasteiger partial charge in [-0.2, -0.15) is 0 Å². The maximum Gasteiger partial charge on any atom is 0.0295 e. The Kier molecular flexibility index (Phi) is 5.25. The molecule has 1 aliphatic carbocycles. The van der Waals surface area contributed by atoms with E-state index in [1.165, 1.54) is 40.5 Å². The lowest BCUT2D eigenvalue weighted by atomic mass is 9.69. The van der Waals surface area contributed by atoms with E-state index in [4.69, 9.17) is 0 Å². The molecule has 0 amide bonds. The molecule has 2 heteroatoms. The first kappa shape index (κ1) is 19.3. The molecule has 0 N–H and O–H groups in total. The summed E-state index contributed by atoms with van der Waals surface area (Å²) in [7, 11) is 0. The van der Waals surface area contributed by atoms with Crippen LogP contribution in [0.25, 0.3) is 11.1 Å². The lowest BCUT2D eigenvalue weighted by Gasteiger charge is -2.33. The number of benzene rings is 4. The molecule has 142 valence electrons. The van der Waals surface area contributed by atoms with Crippen molar-refractivity contribution in [3.63, 3.8) is 0 Å². The van der Waals surface area contributed by atoms with Gasteiger partial charge in [0.1, 0.15) is 0 Å². The van der Waals surface area contributed by atoms with E-state index >= 15 is 0 Å². The molecule has 29 heavy (non-hydrogen) atoms. The molecule has 0 nitrogen and oxygen atoms in total. The molecule has 0 aromatic heterocycles. The minimum Gasteiger partial charge on any atom is -0.0619 e. The summed E-state index contributed by atoms with van der Waals surface area (Å²) in [5.41, 5.74) is 8.42. The third-order valence-electron chi connectivity index (χ3n) is 6.01. The molecule has 0 unspecified atom stereocenters. The second kappa shape index (κ2) is 7.88. The third kappa shape index (κ3) is 3.55. The number of halogens is 2. The van der Waals surface area contributed by atoms with Crippen LogP contribution in [0.1, 0.15) is 22.3 Å². The summed E-state index contributed by atoms with van der Waals surface area (Å²) < 4.78 is 2.57. The van der Waals surface area contributed by atoms with Crippen LogP contribution < -0.4 is 0 Å². The number of hydrogen-bond donors (Lipinski definition) is 0. The molecule has 0 spiro atoms. The van der Waals surface area contributed by atoms with Gasteiger partial charge in [-0.25, -0.2) is 0 Å². The van der Waals surface area contributed by atoms with Crippen LogP contribution in [-0.4, -0.2) is 0 Å². The maximum absolute atomic E-state index is 2.39. The summed E-state index contributed by atoms with van der Waals surface area (Å²) in [4.78, 5) is 0. The zero-order chi connectivity index (χ0) is 19.8. The Morgan fingerprint density at radius 1 is 0.483 bits per heavy atom. The van der Waals surface area contributed by atoms with Gasteiger partial charge in [-0.1, -0.05) is 72.8 Å². The number of fused-ring (bicyclic) bond motifs is 3. The SMILES string of the molecule is Ic1ccc(CC2(Cc3ccc(I)cc3)c3ccccc3-c3ccccc32)cc1. The Balaban J connectivity index is 1.71. The predicted molar refractivity (Wildman–Crippen MR) is 138 cm³/mol. The number of rotatable bonds is 4.